The average molecular weight is 339 g/mol. The highest BCUT2D eigenvalue weighted by molar-refractivity contribution is 7.80. The zero-order chi connectivity index (χ0) is 16.4. The smallest absolute Gasteiger partial charge is 0.317 e. The molecule has 23 heavy (non-hydrogen) atoms. The van der Waals surface area contributed by atoms with Gasteiger partial charge < -0.3 is 15.0 Å². The molecule has 0 aliphatic heterocycles. The molecular weight excluding hydrogens is 308 g/mol. The molecule has 130 valence electrons. The van der Waals surface area contributed by atoms with Crippen molar-refractivity contribution in [3.8, 4) is 0 Å². The normalized spacial score (nSPS) is 35.8. The number of thiol groups is 1. The molecule has 0 spiro atoms. The topological polar surface area (TPSA) is 49.4 Å². The maximum absolute atomic E-state index is 12.3. The van der Waals surface area contributed by atoms with Crippen LogP contribution in [0.5, 0.6) is 0 Å². The first kappa shape index (κ1) is 17.1. The Morgan fingerprint density at radius 2 is 1.78 bits per heavy atom. The van der Waals surface area contributed by atoms with Crippen molar-refractivity contribution in [1.29, 1.82) is 0 Å². The summed E-state index contributed by atoms with van der Waals surface area (Å²) >= 11 is 4.29. The van der Waals surface area contributed by atoms with Gasteiger partial charge in [-0.2, -0.15) is 12.6 Å². The number of aldehydes is 1. The van der Waals surface area contributed by atoms with Gasteiger partial charge in [0.05, 0.1) is 6.04 Å². The van der Waals surface area contributed by atoms with E-state index in [2.05, 4.69) is 17.9 Å². The van der Waals surface area contributed by atoms with Crippen molar-refractivity contribution < 1.29 is 9.59 Å². The highest BCUT2D eigenvalue weighted by atomic mass is 32.1. The molecule has 0 aromatic rings. The molecule has 4 aliphatic rings. The Morgan fingerprint density at radius 3 is 2.26 bits per heavy atom. The van der Waals surface area contributed by atoms with Gasteiger partial charge in [0.15, 0.2) is 0 Å². The van der Waals surface area contributed by atoms with E-state index in [1.165, 1.54) is 38.5 Å². The van der Waals surface area contributed by atoms with Crippen molar-refractivity contribution >= 4 is 24.9 Å². The Labute approximate surface area is 145 Å². The number of hydrogen-bond acceptors (Lipinski definition) is 3. The molecule has 1 N–H and O–H groups in total. The summed E-state index contributed by atoms with van der Waals surface area (Å²) in [5.41, 5.74) is 0.486. The summed E-state index contributed by atoms with van der Waals surface area (Å²) < 4.78 is 0. The first-order valence-corrected chi connectivity index (χ1v) is 9.78. The van der Waals surface area contributed by atoms with Crippen LogP contribution in [0.15, 0.2) is 0 Å². The van der Waals surface area contributed by atoms with Gasteiger partial charge in [0.1, 0.15) is 6.29 Å². The van der Waals surface area contributed by atoms with Crippen LogP contribution in [-0.2, 0) is 4.79 Å². The van der Waals surface area contributed by atoms with E-state index in [0.29, 0.717) is 17.7 Å². The van der Waals surface area contributed by atoms with Crippen LogP contribution < -0.4 is 5.32 Å². The third-order valence-electron chi connectivity index (χ3n) is 6.29. The highest BCUT2D eigenvalue weighted by Gasteiger charge is 2.50. The quantitative estimate of drug-likeness (QED) is 0.553. The molecule has 0 saturated heterocycles. The number of amides is 2. The van der Waals surface area contributed by atoms with Crippen LogP contribution >= 0.6 is 12.6 Å². The Hall–Kier alpha value is -0.710. The lowest BCUT2D eigenvalue weighted by Gasteiger charge is -2.57. The largest absolute Gasteiger partial charge is 0.329 e. The zero-order valence-electron chi connectivity index (χ0n) is 14.2. The Morgan fingerprint density at radius 1 is 1.22 bits per heavy atom. The van der Waals surface area contributed by atoms with Gasteiger partial charge in [-0.25, -0.2) is 4.79 Å². The predicted octanol–water partition coefficient (Wildman–Crippen LogP) is 3.12. The summed E-state index contributed by atoms with van der Waals surface area (Å²) in [6.45, 7) is 3.15. The van der Waals surface area contributed by atoms with E-state index in [1.54, 1.807) is 6.92 Å². The van der Waals surface area contributed by atoms with Crippen LogP contribution in [0.25, 0.3) is 0 Å². The van der Waals surface area contributed by atoms with E-state index < -0.39 is 6.04 Å². The highest BCUT2D eigenvalue weighted by Crippen LogP contribution is 2.61. The lowest BCUT2D eigenvalue weighted by molar-refractivity contribution is -0.109. The molecule has 1 atom stereocenters. The van der Waals surface area contributed by atoms with Crippen LogP contribution in [-0.4, -0.2) is 42.1 Å². The van der Waals surface area contributed by atoms with Gasteiger partial charge in [-0.15, -0.1) is 0 Å². The summed E-state index contributed by atoms with van der Waals surface area (Å²) in [7, 11) is 0. The van der Waals surface area contributed by atoms with Crippen LogP contribution in [0.4, 0.5) is 4.79 Å². The fourth-order valence-electron chi connectivity index (χ4n) is 5.72. The minimum Gasteiger partial charge on any atom is -0.329 e. The van der Waals surface area contributed by atoms with E-state index in [1.807, 2.05) is 4.90 Å². The van der Waals surface area contributed by atoms with E-state index in [-0.39, 0.29) is 6.03 Å². The van der Waals surface area contributed by atoms with Crippen LogP contribution in [0.2, 0.25) is 0 Å². The summed E-state index contributed by atoms with van der Waals surface area (Å²) in [5.74, 6) is 3.50. The minimum atomic E-state index is -0.426. The maximum Gasteiger partial charge on any atom is 0.317 e. The fraction of sp³-hybridized carbons (Fsp3) is 0.889. The molecule has 4 aliphatic carbocycles. The lowest BCUT2D eigenvalue weighted by atomic mass is 9.49. The molecule has 0 aromatic heterocycles. The van der Waals surface area contributed by atoms with Crippen molar-refractivity contribution in [2.75, 3.05) is 18.8 Å². The summed E-state index contributed by atoms with van der Waals surface area (Å²) in [4.78, 5) is 25.0. The van der Waals surface area contributed by atoms with Gasteiger partial charge in [0.25, 0.3) is 0 Å². The third kappa shape index (κ3) is 3.86. The molecule has 0 radical (unpaired) electrons. The van der Waals surface area contributed by atoms with E-state index in [4.69, 9.17) is 0 Å². The second-order valence-corrected chi connectivity index (χ2v) is 8.70. The Kier molecular flexibility index (Phi) is 5.24. The Balaban J connectivity index is 1.58. The number of urea groups is 1. The van der Waals surface area contributed by atoms with Gasteiger partial charge in [0, 0.05) is 18.8 Å². The molecule has 4 bridgehead atoms. The summed E-state index contributed by atoms with van der Waals surface area (Å²) in [6.07, 6.45) is 10.4. The number of carbonyl (C=O) groups excluding carboxylic acids is 2. The number of carbonyl (C=O) groups is 2. The molecule has 4 fully saturated rings. The number of rotatable bonds is 7. The molecule has 4 rings (SSSR count). The predicted molar refractivity (Wildman–Crippen MR) is 94.7 cm³/mol. The van der Waals surface area contributed by atoms with Crippen LogP contribution in [0.3, 0.4) is 0 Å². The number of nitrogens with one attached hydrogen (secondary N) is 1. The van der Waals surface area contributed by atoms with E-state index in [9.17, 15) is 9.59 Å². The third-order valence-corrected chi connectivity index (χ3v) is 6.49. The first-order valence-electron chi connectivity index (χ1n) is 9.15. The molecule has 0 aromatic carbocycles. The van der Waals surface area contributed by atoms with Gasteiger partial charge >= 0.3 is 6.03 Å². The van der Waals surface area contributed by atoms with Crippen molar-refractivity contribution in [3.05, 3.63) is 0 Å². The van der Waals surface area contributed by atoms with E-state index in [0.717, 1.165) is 37.0 Å². The van der Waals surface area contributed by atoms with Crippen molar-refractivity contribution in [2.24, 2.45) is 23.2 Å². The maximum atomic E-state index is 12.3. The lowest BCUT2D eigenvalue weighted by Crippen LogP contribution is -2.49. The minimum absolute atomic E-state index is 0.122. The molecule has 4 nitrogen and oxygen atoms in total. The molecule has 4 saturated carbocycles. The standard InChI is InChI=1S/C18H30N2O2S/c1-13(12-21)19-17(22)20(4-5-23)3-2-18-9-14-6-15(10-18)8-16(7-14)11-18/h12-16,23H,2-11H2,1H3,(H,19,22)/t13-,14?,15?,16?,18?/m0/s1. The summed E-state index contributed by atoms with van der Waals surface area (Å²) in [5, 5.41) is 2.76. The molecule has 0 unspecified atom stereocenters. The van der Waals surface area contributed by atoms with Gasteiger partial charge in [0.2, 0.25) is 0 Å². The van der Waals surface area contributed by atoms with Gasteiger partial charge in [-0.3, -0.25) is 0 Å². The molecule has 2 amide bonds. The molecule has 5 heteroatoms. The van der Waals surface area contributed by atoms with Crippen LogP contribution in [0.1, 0.15) is 51.9 Å². The first-order chi connectivity index (χ1) is 11.0. The number of hydrogen-bond donors (Lipinski definition) is 2. The van der Waals surface area contributed by atoms with Gasteiger partial charge in [-0.05, 0) is 75.0 Å². The van der Waals surface area contributed by atoms with Gasteiger partial charge in [-0.1, -0.05) is 0 Å². The Bertz CT molecular complexity index is 419. The monoisotopic (exact) mass is 338 g/mol. The zero-order valence-corrected chi connectivity index (χ0v) is 15.1. The van der Waals surface area contributed by atoms with E-state index >= 15 is 0 Å². The van der Waals surface area contributed by atoms with Crippen molar-refractivity contribution in [3.63, 3.8) is 0 Å². The summed E-state index contributed by atoms with van der Waals surface area (Å²) in [6, 6.07) is -0.548. The number of nitrogens with zero attached hydrogens (tertiary/aromatic N) is 1. The fourth-order valence-corrected chi connectivity index (χ4v) is 5.97. The van der Waals surface area contributed by atoms with Crippen molar-refractivity contribution in [1.82, 2.24) is 10.2 Å². The second-order valence-electron chi connectivity index (χ2n) is 8.25. The average Bonchev–Trinajstić information content (AvgIpc) is 2.49. The second kappa shape index (κ2) is 7.04. The molecular formula is C18H30N2O2S. The molecule has 0 heterocycles. The van der Waals surface area contributed by atoms with Crippen LogP contribution in [0, 0.1) is 23.2 Å². The SMILES string of the molecule is C[C@@H](C=O)NC(=O)N(CCS)CCC12CC3CC(CC(C3)C1)C2. The van der Waals surface area contributed by atoms with Crippen molar-refractivity contribution in [2.45, 2.75) is 57.9 Å².